The molecule has 178 valence electrons. The maximum absolute atomic E-state index is 13.0. The van der Waals surface area contributed by atoms with Crippen LogP contribution in [0.15, 0.2) is 72.0 Å². The van der Waals surface area contributed by atoms with E-state index in [2.05, 4.69) is 88.4 Å². The van der Waals surface area contributed by atoms with E-state index in [1.165, 1.54) is 10.4 Å². The standard InChI is InChI=1S/C29H40O3Si/c1-8-31-23-19-26(22(2)21-29(6,7)27(30)20-23)32-33(28(3,4)5,24-15-11-9-12-16-24)25-17-13-10-14-18-25/h9-18,23H,8,19-21H2,1-7H3/b26-22+. The van der Waals surface area contributed by atoms with Crippen molar-refractivity contribution in [3.63, 3.8) is 0 Å². The molecule has 3 nitrogen and oxygen atoms in total. The normalized spacial score (nSPS) is 21.9. The van der Waals surface area contributed by atoms with Gasteiger partial charge in [-0.1, -0.05) is 95.3 Å². The lowest BCUT2D eigenvalue weighted by molar-refractivity contribution is -0.130. The van der Waals surface area contributed by atoms with Gasteiger partial charge >= 0.3 is 8.32 Å². The number of allylic oxidation sites excluding steroid dienone is 1. The third kappa shape index (κ3) is 5.33. The zero-order valence-electron chi connectivity index (χ0n) is 21.4. The van der Waals surface area contributed by atoms with E-state index in [0.717, 1.165) is 11.3 Å². The van der Waals surface area contributed by atoms with Gasteiger partial charge < -0.3 is 9.16 Å². The van der Waals surface area contributed by atoms with Crippen molar-refractivity contribution in [1.82, 2.24) is 0 Å². The summed E-state index contributed by atoms with van der Waals surface area (Å²) < 4.78 is 13.4. The van der Waals surface area contributed by atoms with Gasteiger partial charge in [0.2, 0.25) is 0 Å². The molecule has 0 saturated carbocycles. The molecule has 0 aliphatic heterocycles. The summed E-state index contributed by atoms with van der Waals surface area (Å²) in [7, 11) is -2.73. The summed E-state index contributed by atoms with van der Waals surface area (Å²) in [4.78, 5) is 13.0. The van der Waals surface area contributed by atoms with Gasteiger partial charge in [0.1, 0.15) is 5.78 Å². The highest BCUT2D eigenvalue weighted by Gasteiger charge is 2.53. The van der Waals surface area contributed by atoms with Crippen LogP contribution < -0.4 is 10.4 Å². The van der Waals surface area contributed by atoms with Crippen LogP contribution in [0.25, 0.3) is 0 Å². The molecule has 0 bridgehead atoms. The first kappa shape index (κ1) is 25.4. The SMILES string of the molecule is CCOC1CC(=O)C(C)(C)C/C(C)=C(/O[Si](c2ccccc2)(c2ccccc2)C(C)(C)C)C1. The minimum absolute atomic E-state index is 0.113. The van der Waals surface area contributed by atoms with E-state index in [9.17, 15) is 4.79 Å². The van der Waals surface area contributed by atoms with Crippen LogP contribution in [0.1, 0.15) is 67.7 Å². The second kappa shape index (κ2) is 9.98. The van der Waals surface area contributed by atoms with Crippen molar-refractivity contribution < 1.29 is 14.0 Å². The number of carbonyl (C=O) groups is 1. The molecule has 0 radical (unpaired) electrons. The van der Waals surface area contributed by atoms with Crippen molar-refractivity contribution in [3.05, 3.63) is 72.0 Å². The lowest BCUT2D eigenvalue weighted by Gasteiger charge is -2.45. The summed E-state index contributed by atoms with van der Waals surface area (Å²) >= 11 is 0. The van der Waals surface area contributed by atoms with Gasteiger partial charge in [0, 0.05) is 24.9 Å². The van der Waals surface area contributed by atoms with Gasteiger partial charge in [0.25, 0.3) is 0 Å². The van der Waals surface area contributed by atoms with E-state index in [0.29, 0.717) is 25.9 Å². The largest absolute Gasteiger partial charge is 0.537 e. The zero-order valence-corrected chi connectivity index (χ0v) is 22.4. The minimum Gasteiger partial charge on any atom is -0.537 e. The predicted octanol–water partition coefficient (Wildman–Crippen LogP) is 6.02. The average molecular weight is 465 g/mol. The maximum Gasteiger partial charge on any atom is 0.319 e. The molecule has 0 N–H and O–H groups in total. The third-order valence-electron chi connectivity index (χ3n) is 6.86. The summed E-state index contributed by atoms with van der Waals surface area (Å²) in [6, 6.07) is 21.4. The number of Topliss-reactive ketones (excluding diaryl/α,β-unsaturated/α-hetero) is 1. The molecule has 33 heavy (non-hydrogen) atoms. The molecule has 1 unspecified atom stereocenters. The number of ether oxygens (including phenoxy) is 1. The van der Waals surface area contributed by atoms with E-state index in [4.69, 9.17) is 9.16 Å². The molecule has 2 aromatic rings. The second-order valence-electron chi connectivity index (χ2n) is 10.9. The fourth-order valence-electron chi connectivity index (χ4n) is 5.11. The first-order valence-electron chi connectivity index (χ1n) is 12.1. The first-order chi connectivity index (χ1) is 15.5. The van der Waals surface area contributed by atoms with Crippen LogP contribution in [-0.4, -0.2) is 26.8 Å². The van der Waals surface area contributed by atoms with Crippen LogP contribution in [0.3, 0.4) is 0 Å². The number of rotatable bonds is 6. The summed E-state index contributed by atoms with van der Waals surface area (Å²) in [6.45, 7) is 15.7. The number of ketones is 1. The van der Waals surface area contributed by atoms with Gasteiger partial charge in [-0.25, -0.2) is 0 Å². The van der Waals surface area contributed by atoms with Crippen LogP contribution in [-0.2, 0) is 14.0 Å². The molecule has 0 saturated heterocycles. The van der Waals surface area contributed by atoms with Gasteiger partial charge in [0.15, 0.2) is 0 Å². The molecular weight excluding hydrogens is 424 g/mol. The third-order valence-corrected chi connectivity index (χ3v) is 11.8. The highest BCUT2D eigenvalue weighted by Crippen LogP contribution is 2.41. The fraction of sp³-hybridized carbons (Fsp3) is 0.483. The highest BCUT2D eigenvalue weighted by molar-refractivity contribution is 6.99. The van der Waals surface area contributed by atoms with E-state index in [1.807, 2.05) is 20.8 Å². The topological polar surface area (TPSA) is 35.5 Å². The van der Waals surface area contributed by atoms with E-state index in [-0.39, 0.29) is 16.9 Å². The second-order valence-corrected chi connectivity index (χ2v) is 15.2. The monoisotopic (exact) mass is 464 g/mol. The van der Waals surface area contributed by atoms with Crippen molar-refractivity contribution in [3.8, 4) is 0 Å². The Morgan fingerprint density at radius 3 is 1.91 bits per heavy atom. The number of benzene rings is 2. The number of hydrogen-bond acceptors (Lipinski definition) is 3. The number of hydrogen-bond donors (Lipinski definition) is 0. The summed E-state index contributed by atoms with van der Waals surface area (Å²) in [5, 5.41) is 2.40. The highest BCUT2D eigenvalue weighted by atomic mass is 28.4. The Kier molecular flexibility index (Phi) is 7.70. The van der Waals surface area contributed by atoms with Crippen molar-refractivity contribution in [2.45, 2.75) is 78.9 Å². The maximum atomic E-state index is 13.0. The molecule has 0 aromatic heterocycles. The molecule has 1 aliphatic rings. The molecule has 4 heteroatoms. The molecule has 0 fully saturated rings. The smallest absolute Gasteiger partial charge is 0.319 e. The Bertz CT molecular complexity index is 931. The molecule has 2 aromatic carbocycles. The van der Waals surface area contributed by atoms with E-state index in [1.54, 1.807) is 0 Å². The molecule has 1 aliphatic carbocycles. The Labute approximate surface area is 201 Å². The Morgan fingerprint density at radius 2 is 1.45 bits per heavy atom. The van der Waals surface area contributed by atoms with E-state index < -0.39 is 13.7 Å². The Morgan fingerprint density at radius 1 is 0.939 bits per heavy atom. The molecular formula is C29H40O3Si. The molecule has 1 atom stereocenters. The summed E-state index contributed by atoms with van der Waals surface area (Å²) in [5.41, 5.74) is 0.727. The number of carbonyl (C=O) groups excluding carboxylic acids is 1. The van der Waals surface area contributed by atoms with Crippen molar-refractivity contribution in [2.75, 3.05) is 6.61 Å². The van der Waals surface area contributed by atoms with Gasteiger partial charge in [-0.05, 0) is 41.3 Å². The fourth-order valence-corrected chi connectivity index (χ4v) is 9.67. The molecule has 0 heterocycles. The van der Waals surface area contributed by atoms with Crippen molar-refractivity contribution in [2.24, 2.45) is 5.41 Å². The van der Waals surface area contributed by atoms with Gasteiger partial charge in [-0.3, -0.25) is 4.79 Å². The lowest BCUT2D eigenvalue weighted by Crippen LogP contribution is -2.66. The minimum atomic E-state index is -2.73. The summed E-state index contributed by atoms with van der Waals surface area (Å²) in [6.07, 6.45) is 1.61. The van der Waals surface area contributed by atoms with Gasteiger partial charge in [0.05, 0.1) is 11.9 Å². The van der Waals surface area contributed by atoms with Crippen LogP contribution in [0.2, 0.25) is 5.04 Å². The Balaban J connectivity index is 2.22. The average Bonchev–Trinajstić information content (AvgIpc) is 2.76. The molecule has 0 spiro atoms. The van der Waals surface area contributed by atoms with Crippen molar-refractivity contribution in [1.29, 1.82) is 0 Å². The van der Waals surface area contributed by atoms with Crippen LogP contribution in [0.5, 0.6) is 0 Å². The van der Waals surface area contributed by atoms with Crippen LogP contribution >= 0.6 is 0 Å². The van der Waals surface area contributed by atoms with Crippen LogP contribution in [0, 0.1) is 5.41 Å². The van der Waals surface area contributed by atoms with Gasteiger partial charge in [-0.2, -0.15) is 0 Å². The van der Waals surface area contributed by atoms with E-state index >= 15 is 0 Å². The lowest BCUT2D eigenvalue weighted by atomic mass is 9.77. The van der Waals surface area contributed by atoms with Gasteiger partial charge in [-0.15, -0.1) is 0 Å². The summed E-state index contributed by atoms with van der Waals surface area (Å²) in [5.74, 6) is 1.27. The zero-order chi connectivity index (χ0) is 24.3. The molecule has 0 amide bonds. The first-order valence-corrected chi connectivity index (χ1v) is 14.1. The van der Waals surface area contributed by atoms with Crippen molar-refractivity contribution >= 4 is 24.5 Å². The predicted molar refractivity (Wildman–Crippen MR) is 139 cm³/mol. The Hall–Kier alpha value is -2.17. The van der Waals surface area contributed by atoms with Crippen LogP contribution in [0.4, 0.5) is 0 Å². The molecule has 3 rings (SSSR count). The quantitative estimate of drug-likeness (QED) is 0.490.